The lowest BCUT2D eigenvalue weighted by Crippen LogP contribution is -2.35. The van der Waals surface area contributed by atoms with Crippen LogP contribution < -0.4 is 10.6 Å². The van der Waals surface area contributed by atoms with Gasteiger partial charge >= 0.3 is 0 Å². The normalized spacial score (nSPS) is 21.6. The summed E-state index contributed by atoms with van der Waals surface area (Å²) in [5, 5.41) is 6.53. The van der Waals surface area contributed by atoms with E-state index in [1.807, 2.05) is 6.07 Å². The van der Waals surface area contributed by atoms with Gasteiger partial charge in [0.15, 0.2) is 0 Å². The molecule has 68 valence electrons. The minimum absolute atomic E-state index is 0.157. The molecule has 2 nitrogen and oxygen atoms in total. The molecule has 1 saturated carbocycles. The van der Waals surface area contributed by atoms with Crippen LogP contribution in [0.1, 0.15) is 12.8 Å². The highest BCUT2D eigenvalue weighted by molar-refractivity contribution is 5.73. The average Bonchev–Trinajstić information content (AvgIpc) is 2.88. The summed E-state index contributed by atoms with van der Waals surface area (Å²) in [6.07, 6.45) is 2.29. The number of benzene rings is 1. The molecule has 0 radical (unpaired) electrons. The van der Waals surface area contributed by atoms with Gasteiger partial charge in [0.25, 0.3) is 0 Å². The molecule has 1 spiro atoms. The van der Waals surface area contributed by atoms with E-state index in [-0.39, 0.29) is 11.4 Å². The first-order valence-electron chi connectivity index (χ1n) is 4.60. The molecule has 0 bridgehead atoms. The summed E-state index contributed by atoms with van der Waals surface area (Å²) in [5.41, 5.74) is 1.69. The molecule has 1 aliphatic heterocycles. The van der Waals surface area contributed by atoms with E-state index >= 15 is 0 Å². The second-order valence-electron chi connectivity index (χ2n) is 3.92. The van der Waals surface area contributed by atoms with Gasteiger partial charge in [-0.2, -0.15) is 0 Å². The van der Waals surface area contributed by atoms with Crippen molar-refractivity contribution < 1.29 is 4.39 Å². The van der Waals surface area contributed by atoms with Gasteiger partial charge in [-0.05, 0) is 25.0 Å². The van der Waals surface area contributed by atoms with E-state index in [2.05, 4.69) is 10.6 Å². The van der Waals surface area contributed by atoms with Gasteiger partial charge in [-0.25, -0.2) is 4.39 Å². The van der Waals surface area contributed by atoms with Crippen LogP contribution in [0, 0.1) is 5.82 Å². The third-order valence-electron chi connectivity index (χ3n) is 2.87. The third kappa shape index (κ3) is 0.996. The highest BCUT2D eigenvalue weighted by atomic mass is 19.1. The predicted octanol–water partition coefficient (Wildman–Crippen LogP) is 2.20. The van der Waals surface area contributed by atoms with Gasteiger partial charge in [-0.1, -0.05) is 6.07 Å². The average molecular weight is 178 g/mol. The van der Waals surface area contributed by atoms with E-state index in [0.29, 0.717) is 5.69 Å². The van der Waals surface area contributed by atoms with Gasteiger partial charge in [-0.15, -0.1) is 0 Å². The van der Waals surface area contributed by atoms with Gasteiger partial charge in [0.1, 0.15) is 5.82 Å². The molecule has 2 aliphatic rings. The second-order valence-corrected chi connectivity index (χ2v) is 3.92. The summed E-state index contributed by atoms with van der Waals surface area (Å²) in [7, 11) is 0. The standard InChI is InChI=1S/C10H11FN2/c11-7-2-1-3-8-9(7)13-10(4-5-10)6-12-8/h1-3,12-13H,4-6H2. The Morgan fingerprint density at radius 1 is 1.31 bits per heavy atom. The highest BCUT2D eigenvalue weighted by Crippen LogP contribution is 2.44. The maximum Gasteiger partial charge on any atom is 0.148 e. The highest BCUT2D eigenvalue weighted by Gasteiger charge is 2.45. The van der Waals surface area contributed by atoms with Crippen molar-refractivity contribution in [3.8, 4) is 0 Å². The Hall–Kier alpha value is -1.25. The minimum atomic E-state index is -0.157. The summed E-state index contributed by atoms with van der Waals surface area (Å²) in [5.74, 6) is -0.157. The fourth-order valence-electron chi connectivity index (χ4n) is 1.82. The Morgan fingerprint density at radius 2 is 2.15 bits per heavy atom. The number of fused-ring (bicyclic) bond motifs is 1. The van der Waals surface area contributed by atoms with E-state index in [4.69, 9.17) is 0 Å². The molecule has 3 heteroatoms. The topological polar surface area (TPSA) is 24.1 Å². The van der Waals surface area contributed by atoms with Gasteiger partial charge in [0.05, 0.1) is 16.9 Å². The molecule has 0 amide bonds. The van der Waals surface area contributed by atoms with E-state index in [9.17, 15) is 4.39 Å². The molecule has 2 N–H and O–H groups in total. The Balaban J connectivity index is 2.06. The largest absolute Gasteiger partial charge is 0.381 e. The van der Waals surface area contributed by atoms with Crippen LogP contribution in [0.4, 0.5) is 15.8 Å². The predicted molar refractivity (Wildman–Crippen MR) is 50.5 cm³/mol. The molecule has 0 saturated heterocycles. The number of nitrogens with one attached hydrogen (secondary N) is 2. The molecule has 13 heavy (non-hydrogen) atoms. The molecular formula is C10H11FN2. The fraction of sp³-hybridized carbons (Fsp3) is 0.400. The van der Waals surface area contributed by atoms with Crippen LogP contribution in [-0.2, 0) is 0 Å². The monoisotopic (exact) mass is 178 g/mol. The number of anilines is 2. The fourth-order valence-corrected chi connectivity index (χ4v) is 1.82. The van der Waals surface area contributed by atoms with E-state index in [1.165, 1.54) is 6.07 Å². The van der Waals surface area contributed by atoms with Crippen LogP contribution in [0.25, 0.3) is 0 Å². The van der Waals surface area contributed by atoms with Crippen molar-refractivity contribution in [1.82, 2.24) is 0 Å². The van der Waals surface area contributed by atoms with Crippen molar-refractivity contribution in [2.75, 3.05) is 17.2 Å². The van der Waals surface area contributed by atoms with Crippen molar-refractivity contribution in [3.63, 3.8) is 0 Å². The van der Waals surface area contributed by atoms with Crippen molar-refractivity contribution in [2.45, 2.75) is 18.4 Å². The number of hydrogen-bond acceptors (Lipinski definition) is 2. The van der Waals surface area contributed by atoms with Gasteiger partial charge in [0, 0.05) is 6.54 Å². The Labute approximate surface area is 76.1 Å². The van der Waals surface area contributed by atoms with Gasteiger partial charge < -0.3 is 10.6 Å². The molecule has 3 rings (SSSR count). The van der Waals surface area contributed by atoms with Crippen LogP contribution in [0.5, 0.6) is 0 Å². The SMILES string of the molecule is Fc1cccc2c1NC1(CC1)CN2. The number of halogens is 1. The first-order chi connectivity index (χ1) is 6.29. The zero-order valence-electron chi connectivity index (χ0n) is 7.23. The zero-order chi connectivity index (χ0) is 8.89. The number of hydrogen-bond donors (Lipinski definition) is 2. The smallest absolute Gasteiger partial charge is 0.148 e. The minimum Gasteiger partial charge on any atom is -0.381 e. The van der Waals surface area contributed by atoms with Gasteiger partial charge in [0.2, 0.25) is 0 Å². The lowest BCUT2D eigenvalue weighted by Gasteiger charge is -2.28. The van der Waals surface area contributed by atoms with Crippen LogP contribution >= 0.6 is 0 Å². The third-order valence-corrected chi connectivity index (χ3v) is 2.87. The molecule has 0 aromatic heterocycles. The van der Waals surface area contributed by atoms with E-state index in [1.54, 1.807) is 6.07 Å². The van der Waals surface area contributed by atoms with E-state index in [0.717, 1.165) is 25.1 Å². The van der Waals surface area contributed by atoms with Crippen LogP contribution in [-0.4, -0.2) is 12.1 Å². The van der Waals surface area contributed by atoms with Crippen molar-refractivity contribution in [2.24, 2.45) is 0 Å². The lowest BCUT2D eigenvalue weighted by molar-refractivity contribution is 0.620. The molecule has 1 aromatic rings. The molecular weight excluding hydrogens is 167 g/mol. The molecule has 0 unspecified atom stereocenters. The molecule has 1 aromatic carbocycles. The second kappa shape index (κ2) is 2.16. The van der Waals surface area contributed by atoms with Crippen molar-refractivity contribution in [3.05, 3.63) is 24.0 Å². The maximum absolute atomic E-state index is 13.3. The molecule has 1 fully saturated rings. The summed E-state index contributed by atoms with van der Waals surface area (Å²) < 4.78 is 13.3. The zero-order valence-corrected chi connectivity index (χ0v) is 7.23. The lowest BCUT2D eigenvalue weighted by atomic mass is 10.1. The quantitative estimate of drug-likeness (QED) is 0.636. The van der Waals surface area contributed by atoms with Crippen molar-refractivity contribution >= 4 is 11.4 Å². The summed E-state index contributed by atoms with van der Waals surface area (Å²) in [4.78, 5) is 0. The molecule has 1 aliphatic carbocycles. The summed E-state index contributed by atoms with van der Waals surface area (Å²) >= 11 is 0. The Morgan fingerprint density at radius 3 is 2.92 bits per heavy atom. The van der Waals surface area contributed by atoms with Crippen LogP contribution in [0.2, 0.25) is 0 Å². The number of rotatable bonds is 0. The maximum atomic E-state index is 13.3. The summed E-state index contributed by atoms with van der Waals surface area (Å²) in [6, 6.07) is 5.13. The van der Waals surface area contributed by atoms with Crippen LogP contribution in [0.3, 0.4) is 0 Å². The van der Waals surface area contributed by atoms with Crippen molar-refractivity contribution in [1.29, 1.82) is 0 Å². The summed E-state index contributed by atoms with van der Waals surface area (Å²) in [6.45, 7) is 0.920. The first-order valence-corrected chi connectivity index (χ1v) is 4.60. The van der Waals surface area contributed by atoms with Gasteiger partial charge in [-0.3, -0.25) is 0 Å². The molecule has 1 heterocycles. The van der Waals surface area contributed by atoms with E-state index < -0.39 is 0 Å². The Kier molecular flexibility index (Phi) is 1.19. The number of para-hydroxylation sites is 1. The molecule has 0 atom stereocenters. The Bertz CT molecular complexity index is 358. The first kappa shape index (κ1) is 7.18. The van der Waals surface area contributed by atoms with Crippen LogP contribution in [0.15, 0.2) is 18.2 Å².